The minimum absolute atomic E-state index is 0.241. The number of nitrogens with zero attached hydrogens (tertiary/aromatic N) is 3. The number of carbonyl (C=O) groups excluding carboxylic acids is 1. The Morgan fingerprint density at radius 1 is 1.11 bits per heavy atom. The molecule has 0 spiro atoms. The summed E-state index contributed by atoms with van der Waals surface area (Å²) in [5, 5.41) is 12.4. The molecule has 0 saturated carbocycles. The first kappa shape index (κ1) is 25.1. The van der Waals surface area contributed by atoms with E-state index in [9.17, 15) is 4.79 Å². The van der Waals surface area contributed by atoms with Crippen LogP contribution in [0.15, 0.2) is 54.9 Å². The molecule has 4 aromatic rings. The lowest BCUT2D eigenvalue weighted by atomic mass is 10.0. The lowest BCUT2D eigenvalue weighted by molar-refractivity contribution is 0.0529. The monoisotopic (exact) mass is 545 g/mol. The first-order chi connectivity index (χ1) is 16.9. The van der Waals surface area contributed by atoms with Gasteiger partial charge >= 0.3 is 5.97 Å². The second-order valence-corrected chi connectivity index (χ2v) is 9.82. The molecule has 0 saturated heterocycles. The zero-order chi connectivity index (χ0) is 24.9. The number of thiophene rings is 1. The molecule has 0 aliphatic rings. The second-order valence-electron chi connectivity index (χ2n) is 7.37. The molecule has 0 aliphatic carbocycles. The van der Waals surface area contributed by atoms with Gasteiger partial charge in [0.2, 0.25) is 5.95 Å². The summed E-state index contributed by atoms with van der Waals surface area (Å²) in [5.41, 5.74) is 2.93. The van der Waals surface area contributed by atoms with Crippen LogP contribution >= 0.6 is 46.8 Å². The van der Waals surface area contributed by atoms with E-state index in [-0.39, 0.29) is 11.7 Å². The third-order valence-corrected chi connectivity index (χ3v) is 6.93. The molecule has 0 unspecified atom stereocenters. The van der Waals surface area contributed by atoms with Crippen LogP contribution < -0.4 is 10.6 Å². The van der Waals surface area contributed by atoms with Gasteiger partial charge in [-0.15, -0.1) is 16.4 Å². The average molecular weight is 547 g/mol. The van der Waals surface area contributed by atoms with Crippen LogP contribution in [0.4, 0.5) is 10.9 Å². The molecular weight excluding hydrogens is 525 g/mol. The molecule has 0 amide bonds. The molecule has 4 rings (SSSR count). The molecule has 0 radical (unpaired) electrons. The fraction of sp³-hybridized carbons (Fsp3) is 0.167. The molecule has 7 nitrogen and oxygen atoms in total. The smallest absolute Gasteiger partial charge is 0.341 e. The molecule has 2 aromatic carbocycles. The summed E-state index contributed by atoms with van der Waals surface area (Å²) in [6.45, 7) is 4.35. The van der Waals surface area contributed by atoms with Gasteiger partial charge in [0.05, 0.1) is 13.2 Å². The second kappa shape index (κ2) is 11.2. The van der Waals surface area contributed by atoms with Crippen molar-refractivity contribution >= 4 is 68.8 Å². The number of hydrogen-bond donors (Lipinski definition) is 2. The van der Waals surface area contributed by atoms with Gasteiger partial charge < -0.3 is 10.1 Å². The van der Waals surface area contributed by atoms with E-state index in [0.29, 0.717) is 33.1 Å². The SMILES string of the molecule is CCOC(=O)c1c(NC(=S)Nc2ncn(Cc3c(Cl)cccc3Cl)n2)sc(C)c1-c1ccccc1. The summed E-state index contributed by atoms with van der Waals surface area (Å²) in [6, 6.07) is 15.0. The van der Waals surface area contributed by atoms with E-state index in [2.05, 4.69) is 20.7 Å². The number of anilines is 2. The Labute approximate surface area is 222 Å². The summed E-state index contributed by atoms with van der Waals surface area (Å²) in [6.07, 6.45) is 1.55. The van der Waals surface area contributed by atoms with Crippen LogP contribution in [0, 0.1) is 6.92 Å². The van der Waals surface area contributed by atoms with Gasteiger partial charge in [-0.1, -0.05) is 59.6 Å². The zero-order valence-corrected chi connectivity index (χ0v) is 22.0. The van der Waals surface area contributed by atoms with E-state index in [1.54, 1.807) is 36.1 Å². The Balaban J connectivity index is 1.53. The third kappa shape index (κ3) is 5.82. The van der Waals surface area contributed by atoms with E-state index in [1.807, 2.05) is 37.3 Å². The zero-order valence-electron chi connectivity index (χ0n) is 18.8. The summed E-state index contributed by atoms with van der Waals surface area (Å²) < 4.78 is 6.94. The maximum Gasteiger partial charge on any atom is 0.341 e. The molecular formula is C24H21Cl2N5O2S2. The number of carbonyl (C=O) groups is 1. The molecule has 0 atom stereocenters. The molecule has 0 fully saturated rings. The van der Waals surface area contributed by atoms with Gasteiger partial charge in [0.15, 0.2) is 5.11 Å². The number of halogens is 2. The molecule has 35 heavy (non-hydrogen) atoms. The summed E-state index contributed by atoms with van der Waals surface area (Å²) in [7, 11) is 0. The van der Waals surface area contributed by atoms with E-state index in [1.165, 1.54) is 11.3 Å². The van der Waals surface area contributed by atoms with Gasteiger partial charge in [0.1, 0.15) is 16.9 Å². The maximum atomic E-state index is 12.9. The topological polar surface area (TPSA) is 81.1 Å². The highest BCUT2D eigenvalue weighted by molar-refractivity contribution is 7.80. The highest BCUT2D eigenvalue weighted by Gasteiger charge is 2.25. The standard InChI is InChI=1S/C24H21Cl2N5O2S2/c1-3-33-22(32)20-19(15-8-5-4-6-9-15)14(2)35-21(20)28-24(34)29-23-27-13-31(30-23)12-16-17(25)10-7-11-18(16)26/h4-11,13H,3,12H2,1-2H3,(H2,28,29,30,34). The lowest BCUT2D eigenvalue weighted by Gasteiger charge is -2.10. The van der Waals surface area contributed by atoms with Crippen molar-refractivity contribution in [3.8, 4) is 11.1 Å². The van der Waals surface area contributed by atoms with Crippen LogP contribution in [0.2, 0.25) is 10.0 Å². The van der Waals surface area contributed by atoms with Crippen LogP contribution in [0.3, 0.4) is 0 Å². The van der Waals surface area contributed by atoms with Crippen molar-refractivity contribution < 1.29 is 9.53 Å². The predicted molar refractivity (Wildman–Crippen MR) is 146 cm³/mol. The Morgan fingerprint density at radius 3 is 2.51 bits per heavy atom. The van der Waals surface area contributed by atoms with Crippen LogP contribution in [0.5, 0.6) is 0 Å². The number of rotatable bonds is 7. The number of aromatic nitrogens is 3. The van der Waals surface area contributed by atoms with Gasteiger partial charge in [0.25, 0.3) is 0 Å². The van der Waals surface area contributed by atoms with Gasteiger partial charge in [-0.05, 0) is 43.8 Å². The Morgan fingerprint density at radius 2 is 1.83 bits per heavy atom. The minimum atomic E-state index is -0.417. The number of hydrogen-bond acceptors (Lipinski definition) is 6. The highest BCUT2D eigenvalue weighted by Crippen LogP contribution is 2.40. The summed E-state index contributed by atoms with van der Waals surface area (Å²) in [4.78, 5) is 18.1. The van der Waals surface area contributed by atoms with E-state index in [4.69, 9.17) is 40.2 Å². The third-order valence-electron chi connectivity index (χ3n) is 5.00. The summed E-state index contributed by atoms with van der Waals surface area (Å²) >= 11 is 19.4. The Bertz CT molecular complexity index is 1350. The van der Waals surface area contributed by atoms with Crippen molar-refractivity contribution in [3.63, 3.8) is 0 Å². The fourth-order valence-corrected chi connectivity index (χ4v) is 5.34. The molecule has 0 bridgehead atoms. The normalized spacial score (nSPS) is 10.7. The fourth-order valence-electron chi connectivity index (χ4n) is 3.49. The number of nitrogens with one attached hydrogen (secondary N) is 2. The van der Waals surface area contributed by atoms with Gasteiger partial charge in [-0.3, -0.25) is 5.32 Å². The molecule has 2 heterocycles. The van der Waals surface area contributed by atoms with Gasteiger partial charge in [0, 0.05) is 26.0 Å². The van der Waals surface area contributed by atoms with Crippen LogP contribution in [-0.4, -0.2) is 32.5 Å². The maximum absolute atomic E-state index is 12.9. The number of esters is 1. The quantitative estimate of drug-likeness (QED) is 0.198. The van der Waals surface area contributed by atoms with E-state index < -0.39 is 5.97 Å². The molecule has 2 N–H and O–H groups in total. The van der Waals surface area contributed by atoms with Crippen molar-refractivity contribution in [2.45, 2.75) is 20.4 Å². The molecule has 2 aromatic heterocycles. The van der Waals surface area contributed by atoms with Crippen molar-refractivity contribution in [2.75, 3.05) is 17.2 Å². The van der Waals surface area contributed by atoms with Gasteiger partial charge in [-0.2, -0.15) is 0 Å². The van der Waals surface area contributed by atoms with Crippen LogP contribution in [-0.2, 0) is 11.3 Å². The van der Waals surface area contributed by atoms with Crippen molar-refractivity contribution in [1.82, 2.24) is 14.8 Å². The Kier molecular flexibility index (Phi) is 8.02. The predicted octanol–water partition coefficient (Wildman–Crippen LogP) is 6.66. The van der Waals surface area contributed by atoms with E-state index in [0.717, 1.165) is 21.6 Å². The van der Waals surface area contributed by atoms with Crippen molar-refractivity contribution in [1.29, 1.82) is 0 Å². The van der Waals surface area contributed by atoms with Crippen molar-refractivity contribution in [3.05, 3.63) is 80.9 Å². The average Bonchev–Trinajstić information content (AvgIpc) is 3.40. The number of benzene rings is 2. The first-order valence-electron chi connectivity index (χ1n) is 10.6. The Hall–Kier alpha value is -2.98. The number of thiocarbonyl (C=S) groups is 1. The molecule has 180 valence electrons. The molecule has 0 aliphatic heterocycles. The number of ether oxygens (including phenoxy) is 1. The lowest BCUT2D eigenvalue weighted by Crippen LogP contribution is -2.21. The summed E-state index contributed by atoms with van der Waals surface area (Å²) in [5.74, 6) is -0.125. The highest BCUT2D eigenvalue weighted by atomic mass is 35.5. The molecule has 11 heteroatoms. The largest absolute Gasteiger partial charge is 0.462 e. The van der Waals surface area contributed by atoms with Crippen LogP contribution in [0.25, 0.3) is 11.1 Å². The van der Waals surface area contributed by atoms with Crippen LogP contribution in [0.1, 0.15) is 27.7 Å². The first-order valence-corrected chi connectivity index (χ1v) is 12.6. The van der Waals surface area contributed by atoms with Gasteiger partial charge in [-0.25, -0.2) is 14.5 Å². The number of aryl methyl sites for hydroxylation is 1. The van der Waals surface area contributed by atoms with Crippen molar-refractivity contribution in [2.24, 2.45) is 0 Å². The van der Waals surface area contributed by atoms with E-state index >= 15 is 0 Å². The minimum Gasteiger partial charge on any atom is -0.462 e.